The normalized spacial score (nSPS) is 18.4. The van der Waals surface area contributed by atoms with Crippen LogP contribution in [0.15, 0.2) is 22.6 Å². The summed E-state index contributed by atoms with van der Waals surface area (Å²) in [6, 6.07) is -0.0309. The number of aliphatic imine (C=N–C) groups is 1. The molecular weight excluding hydrogens is 302 g/mol. The lowest BCUT2D eigenvalue weighted by atomic mass is 10.2. The topological polar surface area (TPSA) is 71.9 Å². The van der Waals surface area contributed by atoms with Crippen LogP contribution in [0.2, 0.25) is 0 Å². The third-order valence-corrected chi connectivity index (χ3v) is 4.53. The number of hydrogen-bond acceptors (Lipinski definition) is 6. The minimum Gasteiger partial charge on any atom is -0.465 e. The maximum absolute atomic E-state index is 12.5. The average molecular weight is 321 g/mol. The number of aromatic nitrogens is 1. The van der Waals surface area contributed by atoms with Crippen LogP contribution >= 0.6 is 11.3 Å². The van der Waals surface area contributed by atoms with Gasteiger partial charge in [0, 0.05) is 17.6 Å². The summed E-state index contributed by atoms with van der Waals surface area (Å²) in [6.45, 7) is 7.76. The van der Waals surface area contributed by atoms with Crippen LogP contribution in [0.3, 0.4) is 0 Å². The van der Waals surface area contributed by atoms with Gasteiger partial charge in [-0.05, 0) is 26.7 Å². The van der Waals surface area contributed by atoms with Gasteiger partial charge in [-0.3, -0.25) is 4.79 Å². The molecule has 2 heterocycles. The van der Waals surface area contributed by atoms with Gasteiger partial charge in [0.15, 0.2) is 0 Å². The third-order valence-electron chi connectivity index (χ3n) is 3.47. The van der Waals surface area contributed by atoms with Crippen LogP contribution in [-0.2, 0) is 14.3 Å². The lowest BCUT2D eigenvalue weighted by Gasteiger charge is -2.23. The summed E-state index contributed by atoms with van der Waals surface area (Å²) in [5.74, 6) is -0.832. The Kier molecular flexibility index (Phi) is 5.07. The molecule has 0 aliphatic carbocycles. The van der Waals surface area contributed by atoms with Crippen LogP contribution < -0.4 is 0 Å². The zero-order valence-electron chi connectivity index (χ0n) is 13.0. The number of ether oxygens (including phenoxy) is 1. The molecule has 1 aliphatic heterocycles. The number of rotatable bonds is 4. The van der Waals surface area contributed by atoms with Crippen molar-refractivity contribution in [1.29, 1.82) is 0 Å². The van der Waals surface area contributed by atoms with Gasteiger partial charge in [-0.1, -0.05) is 6.58 Å². The van der Waals surface area contributed by atoms with Gasteiger partial charge in [-0.2, -0.15) is 0 Å². The number of hydrogen-bond donors (Lipinski definition) is 0. The Labute approximate surface area is 133 Å². The molecule has 22 heavy (non-hydrogen) atoms. The van der Waals surface area contributed by atoms with Gasteiger partial charge in [-0.15, -0.1) is 11.3 Å². The molecule has 1 fully saturated rings. The first kappa shape index (κ1) is 16.4. The SMILES string of the molecule is C=C(N=C(C)C(=O)OC)C(=O)N1CCC[C@@H]1c1nc(C)cs1. The highest BCUT2D eigenvalue weighted by atomic mass is 32.1. The molecule has 0 aromatic carbocycles. The minimum absolute atomic E-state index is 0.0309. The van der Waals surface area contributed by atoms with E-state index in [9.17, 15) is 9.59 Å². The zero-order valence-corrected chi connectivity index (χ0v) is 13.8. The second-order valence-corrected chi connectivity index (χ2v) is 6.01. The molecule has 0 spiro atoms. The number of likely N-dealkylation sites (tertiary alicyclic amines) is 1. The van der Waals surface area contributed by atoms with Gasteiger partial charge >= 0.3 is 5.97 Å². The van der Waals surface area contributed by atoms with Crippen molar-refractivity contribution < 1.29 is 14.3 Å². The van der Waals surface area contributed by atoms with Crippen molar-refractivity contribution in [3.63, 3.8) is 0 Å². The maximum Gasteiger partial charge on any atom is 0.352 e. The standard InChI is InChI=1S/C15H19N3O3S/c1-9-8-22-13(16-9)12-6-5-7-18(12)14(19)10(2)17-11(3)15(20)21-4/h8,12H,2,5-7H2,1,3-4H3/t12-/m1/s1. The van der Waals surface area contributed by atoms with Crippen molar-refractivity contribution in [2.24, 2.45) is 4.99 Å². The molecule has 1 aromatic heterocycles. The van der Waals surface area contributed by atoms with Crippen LogP contribution in [0, 0.1) is 6.92 Å². The number of esters is 1. The second-order valence-electron chi connectivity index (χ2n) is 5.12. The highest BCUT2D eigenvalue weighted by molar-refractivity contribution is 7.09. The number of nitrogens with zero attached hydrogens (tertiary/aromatic N) is 3. The molecule has 2 rings (SSSR count). The summed E-state index contributed by atoms with van der Waals surface area (Å²) in [7, 11) is 1.27. The van der Waals surface area contributed by atoms with E-state index in [1.54, 1.807) is 16.2 Å². The number of carbonyl (C=O) groups is 2. The van der Waals surface area contributed by atoms with Crippen LogP contribution in [0.4, 0.5) is 0 Å². The molecule has 0 radical (unpaired) electrons. The first-order chi connectivity index (χ1) is 10.4. The molecule has 118 valence electrons. The minimum atomic E-state index is -0.567. The van der Waals surface area contributed by atoms with E-state index in [0.29, 0.717) is 6.54 Å². The van der Waals surface area contributed by atoms with E-state index in [2.05, 4.69) is 21.3 Å². The fraction of sp³-hybridized carbons (Fsp3) is 0.467. The Morgan fingerprint density at radius 1 is 1.55 bits per heavy atom. The molecule has 7 heteroatoms. The predicted molar refractivity (Wildman–Crippen MR) is 84.8 cm³/mol. The number of methoxy groups -OCH3 is 1. The van der Waals surface area contributed by atoms with E-state index >= 15 is 0 Å². The van der Waals surface area contributed by atoms with Crippen LogP contribution in [0.1, 0.15) is 36.5 Å². The van der Waals surface area contributed by atoms with E-state index < -0.39 is 5.97 Å². The fourth-order valence-corrected chi connectivity index (χ4v) is 3.34. The molecular formula is C15H19N3O3S. The molecule has 6 nitrogen and oxygen atoms in total. The van der Waals surface area contributed by atoms with Crippen molar-refractivity contribution in [3.05, 3.63) is 28.4 Å². The first-order valence-electron chi connectivity index (χ1n) is 6.99. The van der Waals surface area contributed by atoms with Gasteiger partial charge in [0.05, 0.1) is 13.2 Å². The quantitative estimate of drug-likeness (QED) is 0.484. The Bertz CT molecular complexity index is 636. The van der Waals surface area contributed by atoms with E-state index in [-0.39, 0.29) is 23.4 Å². The van der Waals surface area contributed by atoms with E-state index in [1.165, 1.54) is 14.0 Å². The molecule has 1 atom stereocenters. The molecule has 1 amide bonds. The third kappa shape index (κ3) is 3.41. The fourth-order valence-electron chi connectivity index (χ4n) is 2.40. The van der Waals surface area contributed by atoms with Gasteiger partial charge in [0.2, 0.25) is 0 Å². The first-order valence-corrected chi connectivity index (χ1v) is 7.87. The summed E-state index contributed by atoms with van der Waals surface area (Å²) >= 11 is 1.56. The van der Waals surface area contributed by atoms with Crippen molar-refractivity contribution >= 4 is 28.9 Å². The predicted octanol–water partition coefficient (Wildman–Crippen LogP) is 2.26. The van der Waals surface area contributed by atoms with Gasteiger partial charge in [-0.25, -0.2) is 14.8 Å². The largest absolute Gasteiger partial charge is 0.465 e. The summed E-state index contributed by atoms with van der Waals surface area (Å²) in [4.78, 5) is 34.0. The van der Waals surface area contributed by atoms with Gasteiger partial charge in [0.1, 0.15) is 16.4 Å². The van der Waals surface area contributed by atoms with Crippen LogP contribution in [-0.4, -0.2) is 41.1 Å². The van der Waals surface area contributed by atoms with Gasteiger partial charge < -0.3 is 9.64 Å². The molecule has 1 aromatic rings. The number of carbonyl (C=O) groups excluding carboxylic acids is 2. The summed E-state index contributed by atoms with van der Waals surface area (Å²) < 4.78 is 4.57. The number of thiazole rings is 1. The zero-order chi connectivity index (χ0) is 16.3. The Morgan fingerprint density at radius 3 is 2.86 bits per heavy atom. The Morgan fingerprint density at radius 2 is 2.27 bits per heavy atom. The van der Waals surface area contributed by atoms with Crippen molar-refractivity contribution in [3.8, 4) is 0 Å². The molecule has 0 N–H and O–H groups in total. The van der Waals surface area contributed by atoms with Crippen LogP contribution in [0.25, 0.3) is 0 Å². The second kappa shape index (κ2) is 6.83. The number of amides is 1. The lowest BCUT2D eigenvalue weighted by molar-refractivity contribution is -0.132. The molecule has 0 bridgehead atoms. The Hall–Kier alpha value is -2.02. The van der Waals surface area contributed by atoms with Crippen molar-refractivity contribution in [2.75, 3.05) is 13.7 Å². The maximum atomic E-state index is 12.5. The van der Waals surface area contributed by atoms with Crippen molar-refractivity contribution in [1.82, 2.24) is 9.88 Å². The summed E-state index contributed by atoms with van der Waals surface area (Å²) in [5, 5.41) is 2.91. The molecule has 1 aliphatic rings. The van der Waals surface area contributed by atoms with Gasteiger partial charge in [0.25, 0.3) is 5.91 Å². The Balaban J connectivity index is 2.14. The summed E-state index contributed by atoms with van der Waals surface area (Å²) in [6.07, 6.45) is 1.80. The smallest absolute Gasteiger partial charge is 0.352 e. The number of aryl methyl sites for hydroxylation is 1. The van der Waals surface area contributed by atoms with Crippen LogP contribution in [0.5, 0.6) is 0 Å². The molecule has 0 unspecified atom stereocenters. The summed E-state index contributed by atoms with van der Waals surface area (Å²) in [5.41, 5.74) is 1.11. The van der Waals surface area contributed by atoms with E-state index in [1.807, 2.05) is 12.3 Å². The average Bonchev–Trinajstić information content (AvgIpc) is 3.13. The highest BCUT2D eigenvalue weighted by Crippen LogP contribution is 2.34. The van der Waals surface area contributed by atoms with Crippen molar-refractivity contribution in [2.45, 2.75) is 32.7 Å². The van der Waals surface area contributed by atoms with E-state index in [4.69, 9.17) is 0 Å². The monoisotopic (exact) mass is 321 g/mol. The van der Waals surface area contributed by atoms with E-state index in [0.717, 1.165) is 23.5 Å². The lowest BCUT2D eigenvalue weighted by Crippen LogP contribution is -2.31. The molecule has 0 saturated carbocycles. The highest BCUT2D eigenvalue weighted by Gasteiger charge is 2.33. The molecule has 1 saturated heterocycles.